The highest BCUT2D eigenvalue weighted by atomic mass is 35.5. The molecular weight excluding hydrogens is 356 g/mol. The molecule has 0 bridgehead atoms. The highest BCUT2D eigenvalue weighted by Gasteiger charge is 2.11. The lowest BCUT2D eigenvalue weighted by molar-refractivity contribution is -0.113. The van der Waals surface area contributed by atoms with Gasteiger partial charge in [-0.25, -0.2) is 9.97 Å². The molecular formula is C18H17ClN4OS. The number of hydrogen-bond acceptors (Lipinski definition) is 4. The average molecular weight is 373 g/mol. The van der Waals surface area contributed by atoms with E-state index in [0.717, 1.165) is 16.4 Å². The lowest BCUT2D eigenvalue weighted by Crippen LogP contribution is -2.15. The molecule has 0 atom stereocenters. The smallest absolute Gasteiger partial charge is 0.236 e. The van der Waals surface area contributed by atoms with Gasteiger partial charge in [0.2, 0.25) is 5.91 Å². The Kier molecular flexibility index (Phi) is 5.40. The predicted octanol–water partition coefficient (Wildman–Crippen LogP) is 4.27. The number of aryl methyl sites for hydroxylation is 2. The van der Waals surface area contributed by atoms with E-state index in [1.165, 1.54) is 23.5 Å². The van der Waals surface area contributed by atoms with E-state index in [9.17, 15) is 4.79 Å². The molecule has 1 amide bonds. The summed E-state index contributed by atoms with van der Waals surface area (Å²) < 4.78 is 2.00. The van der Waals surface area contributed by atoms with Crippen molar-refractivity contribution in [1.82, 2.24) is 14.5 Å². The van der Waals surface area contributed by atoms with Gasteiger partial charge in [0.25, 0.3) is 0 Å². The number of carbonyl (C=O) groups excluding carboxylic acids is 1. The van der Waals surface area contributed by atoms with Crippen LogP contribution in [0.15, 0.2) is 54.1 Å². The van der Waals surface area contributed by atoms with E-state index in [-0.39, 0.29) is 11.7 Å². The van der Waals surface area contributed by atoms with Gasteiger partial charge < -0.3 is 5.32 Å². The summed E-state index contributed by atoms with van der Waals surface area (Å²) in [5, 5.41) is 4.05. The Labute approximate surface area is 155 Å². The van der Waals surface area contributed by atoms with Gasteiger partial charge in [-0.2, -0.15) is 0 Å². The lowest BCUT2D eigenvalue weighted by atomic mass is 10.1. The van der Waals surface area contributed by atoms with E-state index in [0.29, 0.717) is 10.8 Å². The Hall–Kier alpha value is -2.31. The molecule has 1 aromatic carbocycles. The van der Waals surface area contributed by atoms with E-state index in [4.69, 9.17) is 11.6 Å². The van der Waals surface area contributed by atoms with Crippen LogP contribution in [-0.2, 0) is 4.79 Å². The molecule has 0 radical (unpaired) electrons. The van der Waals surface area contributed by atoms with Crippen molar-refractivity contribution in [2.75, 3.05) is 11.1 Å². The van der Waals surface area contributed by atoms with Crippen LogP contribution in [-0.4, -0.2) is 26.2 Å². The van der Waals surface area contributed by atoms with Crippen LogP contribution >= 0.6 is 23.4 Å². The molecule has 7 heteroatoms. The summed E-state index contributed by atoms with van der Waals surface area (Å²) in [7, 11) is 0. The Morgan fingerprint density at radius 3 is 2.84 bits per heavy atom. The van der Waals surface area contributed by atoms with Crippen molar-refractivity contribution in [1.29, 1.82) is 0 Å². The quantitative estimate of drug-likeness (QED) is 0.679. The minimum atomic E-state index is -0.143. The Morgan fingerprint density at radius 1 is 1.24 bits per heavy atom. The highest BCUT2D eigenvalue weighted by molar-refractivity contribution is 7.99. The number of benzene rings is 1. The number of halogens is 1. The van der Waals surface area contributed by atoms with Crippen LogP contribution in [0.3, 0.4) is 0 Å². The number of carbonyl (C=O) groups is 1. The number of rotatable bonds is 5. The molecule has 0 spiro atoms. The summed E-state index contributed by atoms with van der Waals surface area (Å²) in [6.07, 6.45) is 5.14. The predicted molar refractivity (Wildman–Crippen MR) is 102 cm³/mol. The fourth-order valence-corrected chi connectivity index (χ4v) is 3.20. The highest BCUT2D eigenvalue weighted by Crippen LogP contribution is 2.23. The molecule has 0 aliphatic heterocycles. The molecule has 0 aliphatic carbocycles. The van der Waals surface area contributed by atoms with Crippen molar-refractivity contribution in [2.24, 2.45) is 0 Å². The zero-order chi connectivity index (χ0) is 17.8. The first-order chi connectivity index (χ1) is 12.0. The van der Waals surface area contributed by atoms with Gasteiger partial charge in [0, 0.05) is 18.6 Å². The molecule has 3 rings (SSSR count). The zero-order valence-corrected chi connectivity index (χ0v) is 15.4. The maximum absolute atomic E-state index is 12.1. The van der Waals surface area contributed by atoms with Gasteiger partial charge in [-0.3, -0.25) is 9.36 Å². The number of thioether (sulfide) groups is 1. The number of aromatic nitrogens is 3. The zero-order valence-electron chi connectivity index (χ0n) is 13.9. The summed E-state index contributed by atoms with van der Waals surface area (Å²) in [6, 6.07) is 9.62. The maximum atomic E-state index is 12.1. The topological polar surface area (TPSA) is 59.8 Å². The standard InChI is InChI=1S/C18H17ClN4OS/c1-12-3-4-13(2)15(9-12)23-8-7-20-18(23)25-11-17(24)22-16-6-5-14(19)10-21-16/h3-10H,11H2,1-2H3,(H,21,22,24). The fourth-order valence-electron chi connectivity index (χ4n) is 2.32. The minimum absolute atomic E-state index is 0.143. The minimum Gasteiger partial charge on any atom is -0.310 e. The van der Waals surface area contributed by atoms with E-state index in [1.54, 1.807) is 18.3 Å². The molecule has 5 nitrogen and oxygen atoms in total. The molecule has 1 N–H and O–H groups in total. The summed E-state index contributed by atoms with van der Waals surface area (Å²) in [5.74, 6) is 0.579. The number of imidazole rings is 1. The Bertz CT molecular complexity index is 892. The van der Waals surface area contributed by atoms with Gasteiger partial charge in [0.05, 0.1) is 16.5 Å². The molecule has 0 fully saturated rings. The van der Waals surface area contributed by atoms with Crippen LogP contribution in [0.5, 0.6) is 0 Å². The van der Waals surface area contributed by atoms with Crippen LogP contribution < -0.4 is 5.32 Å². The molecule has 0 saturated heterocycles. The second kappa shape index (κ2) is 7.72. The van der Waals surface area contributed by atoms with E-state index < -0.39 is 0 Å². The number of nitrogens with one attached hydrogen (secondary N) is 1. The molecule has 0 aliphatic rings. The van der Waals surface area contributed by atoms with Crippen molar-refractivity contribution < 1.29 is 4.79 Å². The molecule has 128 valence electrons. The van der Waals surface area contributed by atoms with Crippen LogP contribution in [0, 0.1) is 13.8 Å². The fraction of sp³-hybridized carbons (Fsp3) is 0.167. The van der Waals surface area contributed by atoms with Crippen molar-refractivity contribution in [3.05, 3.63) is 65.1 Å². The van der Waals surface area contributed by atoms with Crippen molar-refractivity contribution in [2.45, 2.75) is 19.0 Å². The third-order valence-electron chi connectivity index (χ3n) is 3.56. The van der Waals surface area contributed by atoms with Gasteiger partial charge in [-0.05, 0) is 43.2 Å². The normalized spacial score (nSPS) is 10.7. The van der Waals surface area contributed by atoms with Crippen LogP contribution in [0.1, 0.15) is 11.1 Å². The molecule has 3 aromatic rings. The van der Waals surface area contributed by atoms with E-state index in [2.05, 4.69) is 47.3 Å². The van der Waals surface area contributed by atoms with Crippen LogP contribution in [0.2, 0.25) is 5.02 Å². The first kappa shape index (κ1) is 17.5. The number of pyridine rings is 1. The van der Waals surface area contributed by atoms with Gasteiger partial charge in [0.1, 0.15) is 5.82 Å². The number of anilines is 1. The number of hydrogen-bond donors (Lipinski definition) is 1. The summed E-state index contributed by atoms with van der Waals surface area (Å²) in [5.41, 5.74) is 3.40. The summed E-state index contributed by atoms with van der Waals surface area (Å²) >= 11 is 7.17. The van der Waals surface area contributed by atoms with E-state index in [1.807, 2.05) is 10.8 Å². The second-order valence-corrected chi connectivity index (χ2v) is 6.95. The lowest BCUT2D eigenvalue weighted by Gasteiger charge is -2.11. The summed E-state index contributed by atoms with van der Waals surface area (Å²) in [6.45, 7) is 4.11. The molecule has 25 heavy (non-hydrogen) atoms. The molecule has 0 unspecified atom stereocenters. The third kappa shape index (κ3) is 4.41. The number of amides is 1. The SMILES string of the molecule is Cc1ccc(C)c(-n2ccnc2SCC(=O)Nc2ccc(Cl)cn2)c1. The monoisotopic (exact) mass is 372 g/mol. The molecule has 2 aromatic heterocycles. The van der Waals surface area contributed by atoms with E-state index >= 15 is 0 Å². The van der Waals surface area contributed by atoms with Crippen molar-refractivity contribution in [3.8, 4) is 5.69 Å². The second-order valence-electron chi connectivity index (χ2n) is 5.57. The number of nitrogens with zero attached hydrogens (tertiary/aromatic N) is 3. The van der Waals surface area contributed by atoms with Gasteiger partial charge in [-0.1, -0.05) is 35.5 Å². The molecule has 0 saturated carbocycles. The summed E-state index contributed by atoms with van der Waals surface area (Å²) in [4.78, 5) is 20.5. The Balaban J connectivity index is 1.68. The Morgan fingerprint density at radius 2 is 2.08 bits per heavy atom. The molecule has 2 heterocycles. The van der Waals surface area contributed by atoms with Gasteiger partial charge >= 0.3 is 0 Å². The van der Waals surface area contributed by atoms with Crippen LogP contribution in [0.4, 0.5) is 5.82 Å². The first-order valence-electron chi connectivity index (χ1n) is 7.68. The van der Waals surface area contributed by atoms with Gasteiger partial charge in [-0.15, -0.1) is 0 Å². The first-order valence-corrected chi connectivity index (χ1v) is 9.04. The van der Waals surface area contributed by atoms with Gasteiger partial charge in [0.15, 0.2) is 5.16 Å². The third-order valence-corrected chi connectivity index (χ3v) is 4.75. The van der Waals surface area contributed by atoms with Crippen LogP contribution in [0.25, 0.3) is 5.69 Å². The largest absolute Gasteiger partial charge is 0.310 e. The van der Waals surface area contributed by atoms with Crippen molar-refractivity contribution in [3.63, 3.8) is 0 Å². The maximum Gasteiger partial charge on any atom is 0.236 e. The van der Waals surface area contributed by atoms with Crippen molar-refractivity contribution >= 4 is 35.1 Å². The average Bonchev–Trinajstić information content (AvgIpc) is 3.05.